The Hall–Kier alpha value is -6.87. The molecule has 12 rings (SSSR count). The van der Waals surface area contributed by atoms with Gasteiger partial charge in [-0.1, -0.05) is 279 Å². The van der Waals surface area contributed by atoms with E-state index in [2.05, 4.69) is 278 Å². The first-order valence-electron chi connectivity index (χ1n) is 29.4. The molecule has 0 amide bonds. The van der Waals surface area contributed by atoms with Crippen LogP contribution in [0.25, 0.3) is 22.3 Å². The lowest BCUT2D eigenvalue weighted by Gasteiger charge is -2.44. The fourth-order valence-corrected chi connectivity index (χ4v) is 20.1. The zero-order valence-corrected chi connectivity index (χ0v) is 49.8. The van der Waals surface area contributed by atoms with Gasteiger partial charge in [-0.2, -0.15) is 0 Å². The highest BCUT2D eigenvalue weighted by atomic mass is 28.3. The zero-order chi connectivity index (χ0) is 54.6. The van der Waals surface area contributed by atoms with Gasteiger partial charge in [0, 0.05) is 17.1 Å². The van der Waals surface area contributed by atoms with E-state index in [0.29, 0.717) is 35.5 Å². The molecule has 0 radical (unpaired) electrons. The lowest BCUT2D eigenvalue weighted by Crippen LogP contribution is -2.76. The second kappa shape index (κ2) is 19.8. The van der Waals surface area contributed by atoms with Gasteiger partial charge < -0.3 is 4.90 Å². The van der Waals surface area contributed by atoms with Crippen LogP contribution in [0.2, 0.25) is 0 Å². The van der Waals surface area contributed by atoms with Gasteiger partial charge in [-0.15, -0.1) is 0 Å². The van der Waals surface area contributed by atoms with Crippen LogP contribution in [-0.4, -0.2) is 21.5 Å². The van der Waals surface area contributed by atoms with Crippen molar-refractivity contribution in [1.29, 1.82) is 0 Å². The molecule has 3 heterocycles. The minimum absolute atomic E-state index is 0.0678. The first-order valence-corrected chi connectivity index (χ1v) is 31.4. The highest BCUT2D eigenvalue weighted by Crippen LogP contribution is 2.42. The van der Waals surface area contributed by atoms with Crippen molar-refractivity contribution in [3.8, 4) is 22.3 Å². The van der Waals surface area contributed by atoms with Gasteiger partial charge in [0.2, 0.25) is 13.4 Å². The Kier molecular flexibility index (Phi) is 13.2. The molecule has 78 heavy (non-hydrogen) atoms. The molecule has 388 valence electrons. The predicted octanol–water partition coefficient (Wildman–Crippen LogP) is 13.2. The molecule has 0 atom stereocenters. The van der Waals surface area contributed by atoms with Crippen LogP contribution < -0.4 is 58.4 Å². The topological polar surface area (TPSA) is 3.24 Å². The Morgan fingerprint density at radius 2 is 0.718 bits per heavy atom. The molecule has 0 bridgehead atoms. The van der Waals surface area contributed by atoms with E-state index in [1.165, 1.54) is 137 Å². The van der Waals surface area contributed by atoms with Crippen molar-refractivity contribution in [1.82, 2.24) is 0 Å². The molecule has 0 saturated heterocycles. The van der Waals surface area contributed by atoms with Crippen LogP contribution in [0.5, 0.6) is 0 Å². The van der Waals surface area contributed by atoms with Gasteiger partial charge in [0.1, 0.15) is 0 Å². The Labute approximate surface area is 469 Å². The summed E-state index contributed by atoms with van der Waals surface area (Å²) in [5, 5.41) is 5.95. The number of hydrogen-bond donors (Lipinski definition) is 0. The van der Waals surface area contributed by atoms with E-state index in [-0.39, 0.29) is 13.4 Å². The highest BCUT2D eigenvalue weighted by Gasteiger charge is 2.54. The summed E-state index contributed by atoms with van der Waals surface area (Å²) in [6.07, 6.45) is 0. The minimum Gasteiger partial charge on any atom is -0.311 e. The Bertz CT molecular complexity index is 3660. The second-order valence-corrected chi connectivity index (χ2v) is 28.9. The molecule has 9 aromatic rings. The van der Waals surface area contributed by atoms with Crippen molar-refractivity contribution in [2.75, 3.05) is 4.90 Å². The molecule has 0 aromatic heterocycles. The maximum Gasteiger partial charge on any atom is 0.240 e. The smallest absolute Gasteiger partial charge is 0.240 e. The number of hydrogen-bond acceptors (Lipinski definition) is 1. The molecule has 0 N–H and O–H groups in total. The van der Waals surface area contributed by atoms with E-state index >= 15 is 0 Å². The van der Waals surface area contributed by atoms with Crippen molar-refractivity contribution in [3.63, 3.8) is 0 Å². The summed E-state index contributed by atoms with van der Waals surface area (Å²) in [6.45, 7) is 33.4. The largest absolute Gasteiger partial charge is 0.311 e. The summed E-state index contributed by atoms with van der Waals surface area (Å²) in [5.41, 5.74) is 29.3. The summed E-state index contributed by atoms with van der Waals surface area (Å²) < 4.78 is 0. The Balaban J connectivity index is 1.07. The standard InChI is InChI=1S/C74H77B2NSi/c1-44(2)54-39-59(46(5)6)73(60(40-54)47(7)8)75-63-23-17-18-24-64(63)76(74-61(48(9)10)41-55(45(3)4)42-62(74)49(11)12)66-43-53(31-34-65(66)75)52-29-32-56(33-30-52)77-67-35-27-50(13)37-71(67)78(72-38-51(14)28-36-68(72)77)69-25-19-15-21-57(69)58-22-16-20-26-70(58)78/h15-49H,1-14H3. The number of aryl methyl sites for hydroxylation is 2. The average molecular weight is 1030 g/mol. The Morgan fingerprint density at radius 3 is 1.14 bits per heavy atom. The number of anilines is 3. The molecule has 1 spiro atoms. The number of fused-ring (bicyclic) bond motifs is 11. The zero-order valence-electron chi connectivity index (χ0n) is 48.8. The molecule has 4 heteroatoms. The van der Waals surface area contributed by atoms with E-state index in [1.54, 1.807) is 0 Å². The third-order valence-electron chi connectivity index (χ3n) is 18.3. The molecule has 1 nitrogen and oxygen atoms in total. The van der Waals surface area contributed by atoms with Crippen LogP contribution in [0, 0.1) is 13.8 Å². The first kappa shape index (κ1) is 51.9. The monoisotopic (exact) mass is 1030 g/mol. The molecule has 0 aliphatic carbocycles. The highest BCUT2D eigenvalue weighted by molar-refractivity contribution is 7.23. The SMILES string of the molecule is Cc1ccc2c(c1)[Si]1(c3ccccc3-c3ccccc31)c1cc(C)ccc1N2c1ccc(-c2ccc3c(c2)B(c2c(C(C)C)cc(C(C)C)cc2C(C)C)c2ccccc2B3c2c(C(C)C)cc(C(C)C)cc2C(C)C)cc1. The minimum atomic E-state index is -2.71. The second-order valence-electron chi connectivity index (χ2n) is 25.3. The van der Waals surface area contributed by atoms with Crippen molar-refractivity contribution >= 4 is 92.1 Å². The number of benzene rings is 9. The van der Waals surface area contributed by atoms with Gasteiger partial charge in [-0.05, 0) is 150 Å². The lowest BCUT2D eigenvalue weighted by atomic mass is 9.20. The van der Waals surface area contributed by atoms with Crippen LogP contribution in [0.15, 0.2) is 176 Å². The van der Waals surface area contributed by atoms with Crippen LogP contribution in [0.3, 0.4) is 0 Å². The molecule has 9 aromatic carbocycles. The van der Waals surface area contributed by atoms with Crippen LogP contribution in [-0.2, 0) is 0 Å². The summed E-state index contributed by atoms with van der Waals surface area (Å²) in [6, 6.07) is 70.2. The van der Waals surface area contributed by atoms with Gasteiger partial charge in [0.05, 0.1) is 0 Å². The number of rotatable bonds is 10. The average Bonchev–Trinajstić information content (AvgIpc) is 3.64. The summed E-state index contributed by atoms with van der Waals surface area (Å²) in [5.74, 6) is 2.35. The van der Waals surface area contributed by atoms with Crippen molar-refractivity contribution in [2.45, 2.75) is 132 Å². The third-order valence-corrected chi connectivity index (χ3v) is 23.2. The molecule has 3 aliphatic heterocycles. The van der Waals surface area contributed by atoms with E-state index in [1.807, 2.05) is 0 Å². The maximum absolute atomic E-state index is 2.71. The maximum atomic E-state index is 2.62. The van der Waals surface area contributed by atoms with Gasteiger partial charge in [-0.25, -0.2) is 0 Å². The normalized spacial score (nSPS) is 14.0. The molecule has 0 fully saturated rings. The van der Waals surface area contributed by atoms with Crippen LogP contribution in [0.4, 0.5) is 17.1 Å². The van der Waals surface area contributed by atoms with Crippen molar-refractivity contribution in [2.24, 2.45) is 0 Å². The quantitative estimate of drug-likeness (QED) is 0.123. The van der Waals surface area contributed by atoms with E-state index in [9.17, 15) is 0 Å². The van der Waals surface area contributed by atoms with Crippen LogP contribution >= 0.6 is 0 Å². The fourth-order valence-electron chi connectivity index (χ4n) is 14.4. The molecular formula is C74H77B2NSi. The van der Waals surface area contributed by atoms with Crippen molar-refractivity contribution < 1.29 is 0 Å². The van der Waals surface area contributed by atoms with E-state index < -0.39 is 8.07 Å². The Morgan fingerprint density at radius 1 is 0.333 bits per heavy atom. The van der Waals surface area contributed by atoms with Crippen LogP contribution in [0.1, 0.15) is 163 Å². The van der Waals surface area contributed by atoms with Gasteiger partial charge in [-0.3, -0.25) is 0 Å². The summed E-state index contributed by atoms with van der Waals surface area (Å²) in [7, 11) is -2.71. The molecular weight excluding hydrogens is 953 g/mol. The molecule has 3 aliphatic rings. The van der Waals surface area contributed by atoms with Gasteiger partial charge >= 0.3 is 0 Å². The van der Waals surface area contributed by atoms with E-state index in [0.717, 1.165) is 0 Å². The predicted molar refractivity (Wildman–Crippen MR) is 345 cm³/mol. The van der Waals surface area contributed by atoms with Gasteiger partial charge in [0.15, 0.2) is 8.07 Å². The first-order chi connectivity index (χ1) is 37.5. The van der Waals surface area contributed by atoms with E-state index in [4.69, 9.17) is 0 Å². The summed E-state index contributed by atoms with van der Waals surface area (Å²) in [4.78, 5) is 2.57. The molecule has 0 saturated carbocycles. The van der Waals surface area contributed by atoms with Crippen molar-refractivity contribution in [3.05, 3.63) is 220 Å². The lowest BCUT2D eigenvalue weighted by molar-refractivity contribution is 0.812. The number of nitrogens with zero attached hydrogens (tertiary/aromatic N) is 1. The fraction of sp³-hybridized carbons (Fsp3) is 0.270. The molecule has 0 unspecified atom stereocenters. The third kappa shape index (κ3) is 8.09. The van der Waals surface area contributed by atoms with Gasteiger partial charge in [0.25, 0.3) is 0 Å². The summed E-state index contributed by atoms with van der Waals surface area (Å²) >= 11 is 0.